The van der Waals surface area contributed by atoms with Crippen LogP contribution in [0.5, 0.6) is 0 Å². The summed E-state index contributed by atoms with van der Waals surface area (Å²) in [5.41, 5.74) is 0.474. The fourth-order valence-corrected chi connectivity index (χ4v) is 3.74. The molecule has 0 aliphatic heterocycles. The predicted molar refractivity (Wildman–Crippen MR) is 92.7 cm³/mol. The molecule has 1 fully saturated rings. The molecular weight excluding hydrogens is 327 g/mol. The molecular formula is C17H21FN4OS. The zero-order valence-corrected chi connectivity index (χ0v) is 14.8. The van der Waals surface area contributed by atoms with Crippen molar-refractivity contribution in [1.29, 1.82) is 0 Å². The lowest BCUT2D eigenvalue weighted by Gasteiger charge is -2.36. The van der Waals surface area contributed by atoms with Gasteiger partial charge in [0.1, 0.15) is 10.8 Å². The van der Waals surface area contributed by atoms with Gasteiger partial charge in [0, 0.05) is 18.0 Å². The first-order valence-corrected chi connectivity index (χ1v) is 8.75. The number of anilines is 1. The lowest BCUT2D eigenvalue weighted by atomic mass is 9.75. The van der Waals surface area contributed by atoms with Gasteiger partial charge in [0.05, 0.1) is 6.42 Å². The van der Waals surface area contributed by atoms with Gasteiger partial charge in [0.15, 0.2) is 0 Å². The summed E-state index contributed by atoms with van der Waals surface area (Å²) < 4.78 is 13.2. The van der Waals surface area contributed by atoms with Crippen LogP contribution in [-0.4, -0.2) is 28.7 Å². The number of halogens is 1. The molecule has 0 spiro atoms. The normalized spacial score (nSPS) is 15.8. The van der Waals surface area contributed by atoms with E-state index in [1.165, 1.54) is 23.5 Å². The van der Waals surface area contributed by atoms with Crippen molar-refractivity contribution < 1.29 is 9.18 Å². The van der Waals surface area contributed by atoms with Crippen LogP contribution in [0.2, 0.25) is 0 Å². The summed E-state index contributed by atoms with van der Waals surface area (Å²) in [5.74, 6) is -0.304. The standard InChI is InChI=1S/C17H21FN4OS/c1-16(2,11-4-6-12(18)7-5-11)17(8-9-17)20-13(23)10-14-21-22-15(19-3)24-14/h4-7H,8-10H2,1-3H3,(H,19,22)(H,20,23). The molecule has 5 nitrogen and oxygen atoms in total. The Morgan fingerprint density at radius 2 is 1.96 bits per heavy atom. The molecule has 0 bridgehead atoms. The maximum absolute atomic E-state index is 13.2. The van der Waals surface area contributed by atoms with Gasteiger partial charge in [0.25, 0.3) is 0 Å². The molecule has 1 aromatic carbocycles. The summed E-state index contributed by atoms with van der Waals surface area (Å²) in [6.07, 6.45) is 2.06. The first kappa shape index (κ1) is 16.8. The smallest absolute Gasteiger partial charge is 0.227 e. The van der Waals surface area contributed by atoms with Crippen molar-refractivity contribution in [1.82, 2.24) is 15.5 Å². The number of nitrogens with zero attached hydrogens (tertiary/aromatic N) is 2. The minimum Gasteiger partial charge on any atom is -0.363 e. The molecule has 1 heterocycles. The molecule has 7 heteroatoms. The SMILES string of the molecule is CNc1nnc(CC(=O)NC2(C(C)(C)c3ccc(F)cc3)CC2)s1. The van der Waals surface area contributed by atoms with E-state index in [9.17, 15) is 9.18 Å². The Bertz CT molecular complexity index is 737. The van der Waals surface area contributed by atoms with Gasteiger partial charge in [-0.15, -0.1) is 10.2 Å². The quantitative estimate of drug-likeness (QED) is 0.842. The van der Waals surface area contributed by atoms with Gasteiger partial charge in [-0.3, -0.25) is 4.79 Å². The Morgan fingerprint density at radius 1 is 1.29 bits per heavy atom. The fraction of sp³-hybridized carbons (Fsp3) is 0.471. The Hall–Kier alpha value is -2.02. The van der Waals surface area contributed by atoms with Gasteiger partial charge in [-0.25, -0.2) is 4.39 Å². The second-order valence-electron chi connectivity index (χ2n) is 6.69. The van der Waals surface area contributed by atoms with E-state index >= 15 is 0 Å². The van der Waals surface area contributed by atoms with E-state index < -0.39 is 0 Å². The molecule has 24 heavy (non-hydrogen) atoms. The summed E-state index contributed by atoms with van der Waals surface area (Å²) in [6.45, 7) is 4.19. The highest BCUT2D eigenvalue weighted by atomic mass is 32.1. The van der Waals surface area contributed by atoms with Gasteiger partial charge in [-0.1, -0.05) is 37.3 Å². The number of carbonyl (C=O) groups is 1. The van der Waals surface area contributed by atoms with Crippen LogP contribution in [0.4, 0.5) is 9.52 Å². The molecule has 0 radical (unpaired) electrons. The minimum atomic E-state index is -0.279. The molecule has 0 unspecified atom stereocenters. The minimum absolute atomic E-state index is 0.0542. The summed E-state index contributed by atoms with van der Waals surface area (Å²) >= 11 is 1.38. The third kappa shape index (κ3) is 3.13. The highest BCUT2D eigenvalue weighted by Gasteiger charge is 2.55. The van der Waals surface area contributed by atoms with Crippen molar-refractivity contribution in [2.24, 2.45) is 0 Å². The number of carbonyl (C=O) groups excluding carboxylic acids is 1. The Kier molecular flexibility index (Phi) is 4.29. The average molecular weight is 348 g/mol. The predicted octanol–water partition coefficient (Wildman–Crippen LogP) is 2.89. The van der Waals surface area contributed by atoms with Crippen LogP contribution in [0.3, 0.4) is 0 Å². The highest BCUT2D eigenvalue weighted by molar-refractivity contribution is 7.15. The highest BCUT2D eigenvalue weighted by Crippen LogP contribution is 2.51. The summed E-state index contributed by atoms with van der Waals surface area (Å²) in [4.78, 5) is 12.4. The van der Waals surface area contributed by atoms with Crippen LogP contribution < -0.4 is 10.6 Å². The summed E-state index contributed by atoms with van der Waals surface area (Å²) in [7, 11) is 1.77. The molecule has 0 saturated heterocycles. The molecule has 1 amide bonds. The number of nitrogens with one attached hydrogen (secondary N) is 2. The monoisotopic (exact) mass is 348 g/mol. The van der Waals surface area contributed by atoms with E-state index in [4.69, 9.17) is 0 Å². The molecule has 1 aliphatic carbocycles. The average Bonchev–Trinajstić information content (AvgIpc) is 3.19. The Labute approximate surface area is 144 Å². The van der Waals surface area contributed by atoms with Crippen LogP contribution in [0.1, 0.15) is 37.3 Å². The van der Waals surface area contributed by atoms with Crippen molar-refractivity contribution in [3.8, 4) is 0 Å². The van der Waals surface area contributed by atoms with E-state index in [1.807, 2.05) is 0 Å². The van der Waals surface area contributed by atoms with Crippen molar-refractivity contribution in [3.63, 3.8) is 0 Å². The summed E-state index contributed by atoms with van der Waals surface area (Å²) in [6, 6.07) is 6.53. The van der Waals surface area contributed by atoms with Gasteiger partial charge >= 0.3 is 0 Å². The van der Waals surface area contributed by atoms with Gasteiger partial charge in [-0.05, 0) is 30.5 Å². The maximum Gasteiger partial charge on any atom is 0.227 e. The van der Waals surface area contributed by atoms with E-state index in [0.29, 0.717) is 10.1 Å². The van der Waals surface area contributed by atoms with Crippen molar-refractivity contribution >= 4 is 22.4 Å². The zero-order valence-electron chi connectivity index (χ0n) is 14.0. The second-order valence-corrected chi connectivity index (χ2v) is 7.75. The lowest BCUT2D eigenvalue weighted by Crippen LogP contribution is -2.50. The van der Waals surface area contributed by atoms with Gasteiger partial charge < -0.3 is 10.6 Å². The largest absolute Gasteiger partial charge is 0.363 e. The molecule has 2 N–H and O–H groups in total. The van der Waals surface area contributed by atoms with Crippen LogP contribution in [0, 0.1) is 5.82 Å². The molecule has 1 saturated carbocycles. The van der Waals surface area contributed by atoms with Gasteiger partial charge in [0.2, 0.25) is 11.0 Å². The number of benzene rings is 1. The number of aromatic nitrogens is 2. The van der Waals surface area contributed by atoms with Crippen LogP contribution in [0.25, 0.3) is 0 Å². The molecule has 0 atom stereocenters. The van der Waals surface area contributed by atoms with E-state index in [0.717, 1.165) is 18.4 Å². The second kappa shape index (κ2) is 6.12. The topological polar surface area (TPSA) is 66.9 Å². The van der Waals surface area contributed by atoms with Crippen molar-refractivity contribution in [2.45, 2.75) is 44.1 Å². The maximum atomic E-state index is 13.2. The third-order valence-corrected chi connectivity index (χ3v) is 5.82. The number of rotatable bonds is 6. The summed E-state index contributed by atoms with van der Waals surface area (Å²) in [5, 5.41) is 15.4. The van der Waals surface area contributed by atoms with Crippen molar-refractivity contribution in [2.75, 3.05) is 12.4 Å². The Morgan fingerprint density at radius 3 is 2.50 bits per heavy atom. The molecule has 2 aromatic rings. The van der Waals surface area contributed by atoms with Crippen LogP contribution in [0.15, 0.2) is 24.3 Å². The van der Waals surface area contributed by atoms with E-state index in [2.05, 4.69) is 34.7 Å². The molecule has 1 aromatic heterocycles. The van der Waals surface area contributed by atoms with Crippen LogP contribution >= 0.6 is 11.3 Å². The molecule has 3 rings (SSSR count). The number of hydrogen-bond acceptors (Lipinski definition) is 5. The first-order chi connectivity index (χ1) is 11.4. The van der Waals surface area contributed by atoms with E-state index in [1.54, 1.807) is 19.2 Å². The zero-order chi connectivity index (χ0) is 17.4. The molecule has 128 valence electrons. The third-order valence-electron chi connectivity index (χ3n) is 4.88. The van der Waals surface area contributed by atoms with Gasteiger partial charge in [-0.2, -0.15) is 0 Å². The van der Waals surface area contributed by atoms with E-state index in [-0.39, 0.29) is 29.1 Å². The number of hydrogen-bond donors (Lipinski definition) is 2. The van der Waals surface area contributed by atoms with Crippen LogP contribution in [-0.2, 0) is 16.6 Å². The first-order valence-electron chi connectivity index (χ1n) is 7.93. The Balaban J connectivity index is 1.71. The number of amides is 1. The fourth-order valence-electron chi connectivity index (χ4n) is 3.05. The molecule has 1 aliphatic rings. The lowest BCUT2D eigenvalue weighted by molar-refractivity contribution is -0.121. The van der Waals surface area contributed by atoms with Crippen molar-refractivity contribution in [3.05, 3.63) is 40.7 Å².